The van der Waals surface area contributed by atoms with Gasteiger partial charge in [-0.2, -0.15) is 0 Å². The first-order valence-corrected chi connectivity index (χ1v) is 11.5. The van der Waals surface area contributed by atoms with Gasteiger partial charge in [-0.05, 0) is 59.1 Å². The fourth-order valence-electron chi connectivity index (χ4n) is 6.13. The van der Waals surface area contributed by atoms with Crippen molar-refractivity contribution in [3.05, 3.63) is 42.0 Å². The van der Waals surface area contributed by atoms with Gasteiger partial charge in [-0.15, -0.1) is 0 Å². The molecule has 31 heavy (non-hydrogen) atoms. The molecule has 164 valence electrons. The summed E-state index contributed by atoms with van der Waals surface area (Å²) in [7, 11) is 0. The number of imide groups is 1. The number of esters is 1. The van der Waals surface area contributed by atoms with Crippen molar-refractivity contribution < 1.29 is 19.1 Å². The van der Waals surface area contributed by atoms with Crippen LogP contribution in [0.4, 0.5) is 0 Å². The lowest BCUT2D eigenvalue weighted by Crippen LogP contribution is -2.50. The number of ether oxygens (including phenoxy) is 1. The average Bonchev–Trinajstić information content (AvgIpc) is 3.48. The van der Waals surface area contributed by atoms with Gasteiger partial charge in [0.1, 0.15) is 11.8 Å². The van der Waals surface area contributed by atoms with E-state index in [0.717, 1.165) is 12.0 Å². The summed E-state index contributed by atoms with van der Waals surface area (Å²) < 4.78 is 5.67. The number of allylic oxidation sites excluding steroid dienone is 2. The second kappa shape index (κ2) is 6.78. The molecule has 2 saturated carbocycles. The molecular formula is C26H31NO4. The van der Waals surface area contributed by atoms with Crippen molar-refractivity contribution >= 4 is 17.8 Å². The molecule has 0 N–H and O–H groups in total. The third kappa shape index (κ3) is 3.07. The highest BCUT2D eigenvalue weighted by atomic mass is 16.5. The predicted molar refractivity (Wildman–Crippen MR) is 116 cm³/mol. The Morgan fingerprint density at radius 3 is 1.94 bits per heavy atom. The van der Waals surface area contributed by atoms with Gasteiger partial charge in [0.15, 0.2) is 0 Å². The number of hydrogen-bond donors (Lipinski definition) is 0. The van der Waals surface area contributed by atoms with E-state index in [0.29, 0.717) is 17.6 Å². The van der Waals surface area contributed by atoms with Crippen molar-refractivity contribution in [2.24, 2.45) is 41.4 Å². The molecule has 1 saturated heterocycles. The minimum atomic E-state index is -0.899. The van der Waals surface area contributed by atoms with Crippen LogP contribution >= 0.6 is 0 Å². The summed E-state index contributed by atoms with van der Waals surface area (Å²) >= 11 is 0. The van der Waals surface area contributed by atoms with Crippen LogP contribution < -0.4 is 4.74 Å². The number of nitrogens with zero attached hydrogens (tertiary/aromatic N) is 1. The second-order valence-corrected chi connectivity index (χ2v) is 11.1. The highest BCUT2D eigenvalue weighted by molar-refractivity contribution is 6.09. The van der Waals surface area contributed by atoms with Gasteiger partial charge >= 0.3 is 5.97 Å². The van der Waals surface area contributed by atoms with Gasteiger partial charge in [0.25, 0.3) is 0 Å². The van der Waals surface area contributed by atoms with Gasteiger partial charge < -0.3 is 4.74 Å². The molecule has 7 atom stereocenters. The summed E-state index contributed by atoms with van der Waals surface area (Å²) in [5, 5.41) is 0. The molecule has 1 aromatic carbocycles. The van der Waals surface area contributed by atoms with Crippen LogP contribution in [-0.2, 0) is 19.8 Å². The van der Waals surface area contributed by atoms with Crippen molar-refractivity contribution in [3.63, 3.8) is 0 Å². The molecule has 3 fully saturated rings. The fraction of sp³-hybridized carbons (Fsp3) is 0.577. The molecule has 6 rings (SSSR count). The summed E-state index contributed by atoms with van der Waals surface area (Å²) in [5.74, 6) is 0.0829. The number of likely N-dealkylation sites (tertiary alicyclic amines) is 1. The number of hydrogen-bond acceptors (Lipinski definition) is 4. The normalized spacial score (nSPS) is 34.1. The quantitative estimate of drug-likeness (QED) is 0.319. The Balaban J connectivity index is 1.38. The van der Waals surface area contributed by atoms with Crippen molar-refractivity contribution in [1.29, 1.82) is 0 Å². The molecule has 5 nitrogen and oxygen atoms in total. The van der Waals surface area contributed by atoms with Crippen LogP contribution in [0.2, 0.25) is 0 Å². The molecule has 5 aliphatic rings. The van der Waals surface area contributed by atoms with E-state index in [2.05, 4.69) is 32.9 Å². The summed E-state index contributed by atoms with van der Waals surface area (Å²) in [6, 6.07) is 6.55. The largest absolute Gasteiger partial charge is 0.425 e. The Kier molecular flexibility index (Phi) is 4.48. The number of carbonyl (C=O) groups is 3. The van der Waals surface area contributed by atoms with E-state index in [1.54, 1.807) is 12.1 Å². The van der Waals surface area contributed by atoms with Crippen LogP contribution in [0.1, 0.15) is 46.6 Å². The van der Waals surface area contributed by atoms with Crippen molar-refractivity contribution in [2.45, 2.75) is 52.5 Å². The van der Waals surface area contributed by atoms with Crippen LogP contribution in [0.15, 0.2) is 36.4 Å². The molecule has 1 aromatic rings. The molecule has 0 radical (unpaired) electrons. The van der Waals surface area contributed by atoms with Gasteiger partial charge in [-0.3, -0.25) is 14.5 Å². The third-order valence-corrected chi connectivity index (χ3v) is 7.79. The molecule has 1 heterocycles. The summed E-state index contributed by atoms with van der Waals surface area (Å²) in [4.78, 5) is 41.3. The van der Waals surface area contributed by atoms with Crippen molar-refractivity contribution in [1.82, 2.24) is 4.90 Å². The van der Waals surface area contributed by atoms with Gasteiger partial charge in [0, 0.05) is 0 Å². The van der Waals surface area contributed by atoms with Crippen LogP contribution in [0.5, 0.6) is 5.75 Å². The zero-order valence-corrected chi connectivity index (χ0v) is 18.9. The van der Waals surface area contributed by atoms with Crippen LogP contribution in [0.25, 0.3) is 0 Å². The first-order valence-electron chi connectivity index (χ1n) is 11.5. The SMILES string of the molecule is CC(C)C(C(=O)Oc1ccc(C(C)(C)C)cc1)N1C(=O)C2C3C=CC(C4CC34)C2C1=O. The Morgan fingerprint density at radius 1 is 0.968 bits per heavy atom. The molecule has 7 unspecified atom stereocenters. The minimum absolute atomic E-state index is 0.00177. The zero-order chi connectivity index (χ0) is 22.2. The Morgan fingerprint density at radius 2 is 1.48 bits per heavy atom. The molecule has 1 aliphatic heterocycles. The lowest BCUT2D eigenvalue weighted by molar-refractivity contribution is -0.155. The highest BCUT2D eigenvalue weighted by Gasteiger charge is 2.68. The first-order chi connectivity index (χ1) is 14.6. The number of rotatable bonds is 4. The standard InChI is InChI=1S/C26H31NO4/c1-13(2)22(25(30)31-15-8-6-14(7-9-15)26(3,4)5)27-23(28)20-16-10-11-17(19-12-18(16)19)21(20)24(27)29/h6-11,13,16-22H,12H2,1-5H3. The molecule has 4 aliphatic carbocycles. The second-order valence-electron chi connectivity index (χ2n) is 11.1. The van der Waals surface area contributed by atoms with E-state index in [4.69, 9.17) is 4.74 Å². The smallest absolute Gasteiger partial charge is 0.335 e. The highest BCUT2D eigenvalue weighted by Crippen LogP contribution is 2.65. The van der Waals surface area contributed by atoms with Crippen LogP contribution in [0.3, 0.4) is 0 Å². The van der Waals surface area contributed by atoms with E-state index in [-0.39, 0.29) is 46.8 Å². The maximum absolute atomic E-state index is 13.4. The van der Waals surface area contributed by atoms with Gasteiger partial charge in [0.2, 0.25) is 11.8 Å². The lowest BCUT2D eigenvalue weighted by atomic mass is 9.63. The van der Waals surface area contributed by atoms with Gasteiger partial charge in [0.05, 0.1) is 11.8 Å². The topological polar surface area (TPSA) is 63.7 Å². The zero-order valence-electron chi connectivity index (χ0n) is 18.9. The Labute approximate surface area is 183 Å². The van der Waals surface area contributed by atoms with Gasteiger partial charge in [-0.1, -0.05) is 58.9 Å². The van der Waals surface area contributed by atoms with Crippen LogP contribution in [-0.4, -0.2) is 28.7 Å². The predicted octanol–water partition coefficient (Wildman–Crippen LogP) is 3.97. The van der Waals surface area contributed by atoms with Gasteiger partial charge in [-0.25, -0.2) is 4.79 Å². The Bertz CT molecular complexity index is 934. The maximum atomic E-state index is 13.4. The summed E-state index contributed by atoms with van der Waals surface area (Å²) in [6.45, 7) is 10.1. The molecule has 0 spiro atoms. The van der Waals surface area contributed by atoms with E-state index in [1.165, 1.54) is 4.90 Å². The van der Waals surface area contributed by atoms with Crippen molar-refractivity contribution in [3.8, 4) is 5.75 Å². The molecular weight excluding hydrogens is 390 g/mol. The van der Waals surface area contributed by atoms with Crippen LogP contribution in [0, 0.1) is 41.4 Å². The number of carbonyl (C=O) groups excluding carboxylic acids is 3. The van der Waals surface area contributed by atoms with E-state index >= 15 is 0 Å². The minimum Gasteiger partial charge on any atom is -0.425 e. The average molecular weight is 422 g/mol. The molecule has 5 heteroatoms. The van der Waals surface area contributed by atoms with E-state index < -0.39 is 12.0 Å². The first kappa shape index (κ1) is 20.5. The molecule has 0 aromatic heterocycles. The Hall–Kier alpha value is -2.43. The number of benzene rings is 1. The monoisotopic (exact) mass is 421 g/mol. The third-order valence-electron chi connectivity index (χ3n) is 7.79. The summed E-state index contributed by atoms with van der Waals surface area (Å²) in [6.07, 6.45) is 5.42. The fourth-order valence-corrected chi connectivity index (χ4v) is 6.13. The van der Waals surface area contributed by atoms with Crippen molar-refractivity contribution in [2.75, 3.05) is 0 Å². The summed E-state index contributed by atoms with van der Waals surface area (Å²) in [5.41, 5.74) is 1.14. The molecule has 2 amide bonds. The van der Waals surface area contributed by atoms with E-state index in [1.807, 2.05) is 26.0 Å². The molecule has 2 bridgehead atoms. The van der Waals surface area contributed by atoms with E-state index in [9.17, 15) is 14.4 Å². The number of amides is 2. The lowest BCUT2D eigenvalue weighted by Gasteiger charge is -2.37. The maximum Gasteiger partial charge on any atom is 0.335 e.